The molecule has 54 valence electrons. The molecule has 0 saturated heterocycles. The van der Waals surface area contributed by atoms with Gasteiger partial charge in [0, 0.05) is 0 Å². The van der Waals surface area contributed by atoms with Crippen LogP contribution in [0.5, 0.6) is 0 Å². The Morgan fingerprint density at radius 2 is 1.89 bits per heavy atom. The summed E-state index contributed by atoms with van der Waals surface area (Å²) in [4.78, 5) is 3.46. The summed E-state index contributed by atoms with van der Waals surface area (Å²) in [6.45, 7) is 10.6. The van der Waals surface area contributed by atoms with Crippen LogP contribution in [0.2, 0.25) is 19.6 Å². The largest absolute Gasteiger partial charge is 0.341 e. The average Bonchev–Trinajstić information content (AvgIpc) is 1.63. The Morgan fingerprint density at radius 3 is 2.22 bits per heavy atom. The fraction of sp³-hybridized carbons (Fsp3) is 1.00. The second-order valence-corrected chi connectivity index (χ2v) is 13.7. The third-order valence-electron chi connectivity index (χ3n) is 0.838. The van der Waals surface area contributed by atoms with Crippen molar-refractivity contribution in [3.63, 3.8) is 0 Å². The summed E-state index contributed by atoms with van der Waals surface area (Å²) in [6, 6.07) is 0. The lowest BCUT2D eigenvalue weighted by Gasteiger charge is -2.13. The zero-order valence-corrected chi connectivity index (χ0v) is 8.91. The molecule has 0 fully saturated rings. The first-order chi connectivity index (χ1) is 4.06. The van der Waals surface area contributed by atoms with Gasteiger partial charge in [0.25, 0.3) is 0 Å². The molecule has 0 atom stereocenters. The van der Waals surface area contributed by atoms with Crippen LogP contribution in [0.3, 0.4) is 0 Å². The Kier molecular flexibility index (Phi) is 4.43. The van der Waals surface area contributed by atoms with E-state index < -0.39 is 7.59 Å². The molecule has 9 heavy (non-hydrogen) atoms. The average molecular weight is 159 g/mol. The van der Waals surface area contributed by atoms with Gasteiger partial charge in [-0.05, 0) is 13.0 Å². The van der Waals surface area contributed by atoms with Gasteiger partial charge in [-0.15, -0.1) is 0 Å². The molecule has 0 aromatic carbocycles. The molecule has 0 amide bonds. The SMILES string of the molecule is CCCN[Si][Si](C)(C)C. The van der Waals surface area contributed by atoms with Crippen molar-refractivity contribution in [1.29, 1.82) is 0 Å². The summed E-state index contributed by atoms with van der Waals surface area (Å²) in [5.41, 5.74) is 0. The molecule has 0 aliphatic heterocycles. The maximum absolute atomic E-state index is 3.46. The van der Waals surface area contributed by atoms with Crippen molar-refractivity contribution in [3.05, 3.63) is 0 Å². The first-order valence-corrected chi connectivity index (χ1v) is 9.06. The molecular formula is C6H17NSi2. The van der Waals surface area contributed by atoms with E-state index in [0.29, 0.717) is 0 Å². The second-order valence-electron chi connectivity index (χ2n) is 3.30. The predicted molar refractivity (Wildman–Crippen MR) is 47.4 cm³/mol. The van der Waals surface area contributed by atoms with Gasteiger partial charge in [0.2, 0.25) is 0 Å². The molecule has 0 unspecified atom stereocenters. The minimum atomic E-state index is -0.778. The van der Waals surface area contributed by atoms with Gasteiger partial charge in [-0.3, -0.25) is 0 Å². The molecule has 0 aliphatic carbocycles. The standard InChI is InChI=1S/C6H17NSi2/c1-5-6-7-8-9(2,3)4/h7H,5-6H2,1-4H3. The molecule has 0 aliphatic rings. The molecule has 0 rings (SSSR count). The van der Waals surface area contributed by atoms with Crippen LogP contribution in [-0.2, 0) is 0 Å². The van der Waals surface area contributed by atoms with E-state index >= 15 is 0 Å². The van der Waals surface area contributed by atoms with E-state index in [-0.39, 0.29) is 0 Å². The van der Waals surface area contributed by atoms with Gasteiger partial charge in [-0.2, -0.15) is 0 Å². The first-order valence-electron chi connectivity index (χ1n) is 3.56. The van der Waals surface area contributed by atoms with E-state index in [4.69, 9.17) is 0 Å². The predicted octanol–water partition coefficient (Wildman–Crippen LogP) is 1.44. The minimum absolute atomic E-state index is 0.778. The molecule has 0 aromatic heterocycles. The fourth-order valence-corrected chi connectivity index (χ4v) is 3.32. The monoisotopic (exact) mass is 159 g/mol. The molecular weight excluding hydrogens is 142 g/mol. The second kappa shape index (κ2) is 4.25. The van der Waals surface area contributed by atoms with Crippen LogP contribution in [0.4, 0.5) is 0 Å². The van der Waals surface area contributed by atoms with Crippen LogP contribution >= 0.6 is 0 Å². The highest BCUT2D eigenvalue weighted by atomic mass is 29.2. The molecule has 1 nitrogen and oxygen atoms in total. The van der Waals surface area contributed by atoms with Crippen molar-refractivity contribution in [2.24, 2.45) is 0 Å². The molecule has 2 radical (unpaired) electrons. The highest BCUT2D eigenvalue weighted by molar-refractivity contribution is 7.22. The smallest absolute Gasteiger partial charge is 0.123 e. The Labute approximate surface area is 61.9 Å². The topological polar surface area (TPSA) is 12.0 Å². The third-order valence-corrected chi connectivity index (χ3v) is 4.80. The molecule has 0 aromatic rings. The summed E-state index contributed by atoms with van der Waals surface area (Å²) >= 11 is 0. The van der Waals surface area contributed by atoms with Crippen LogP contribution in [0.15, 0.2) is 0 Å². The maximum atomic E-state index is 3.46. The minimum Gasteiger partial charge on any atom is -0.341 e. The zero-order chi connectivity index (χ0) is 7.33. The van der Waals surface area contributed by atoms with Gasteiger partial charge in [0.05, 0.1) is 7.59 Å². The molecule has 0 spiro atoms. The molecule has 0 bridgehead atoms. The Balaban J connectivity index is 3.07. The number of hydrogen-bond donors (Lipinski definition) is 1. The van der Waals surface area contributed by atoms with E-state index in [1.807, 2.05) is 0 Å². The van der Waals surface area contributed by atoms with Crippen molar-refractivity contribution < 1.29 is 0 Å². The van der Waals surface area contributed by atoms with E-state index in [1.54, 1.807) is 0 Å². The summed E-state index contributed by atoms with van der Waals surface area (Å²) < 4.78 is 0. The Bertz CT molecular complexity index is 67.9. The molecule has 1 N–H and O–H groups in total. The van der Waals surface area contributed by atoms with Gasteiger partial charge in [-0.25, -0.2) is 0 Å². The van der Waals surface area contributed by atoms with Gasteiger partial charge >= 0.3 is 0 Å². The molecule has 0 saturated carbocycles. The zero-order valence-electron chi connectivity index (χ0n) is 6.91. The van der Waals surface area contributed by atoms with Crippen LogP contribution in [0, 0.1) is 0 Å². The van der Waals surface area contributed by atoms with Crippen LogP contribution in [0.1, 0.15) is 13.3 Å². The highest BCUT2D eigenvalue weighted by Gasteiger charge is 2.12. The van der Waals surface area contributed by atoms with Crippen molar-refractivity contribution in [3.8, 4) is 0 Å². The summed E-state index contributed by atoms with van der Waals surface area (Å²) in [6.07, 6.45) is 1.26. The van der Waals surface area contributed by atoms with Crippen molar-refractivity contribution in [1.82, 2.24) is 4.98 Å². The normalized spacial score (nSPS) is 12.0. The first kappa shape index (κ1) is 9.39. The lowest BCUT2D eigenvalue weighted by molar-refractivity contribution is 0.865. The van der Waals surface area contributed by atoms with Gasteiger partial charge in [0.1, 0.15) is 9.20 Å². The van der Waals surface area contributed by atoms with Crippen LogP contribution in [0.25, 0.3) is 0 Å². The van der Waals surface area contributed by atoms with Crippen LogP contribution < -0.4 is 4.98 Å². The molecule has 3 heteroatoms. The van der Waals surface area contributed by atoms with Gasteiger partial charge < -0.3 is 4.98 Å². The van der Waals surface area contributed by atoms with E-state index in [9.17, 15) is 0 Å². The van der Waals surface area contributed by atoms with Crippen molar-refractivity contribution >= 4 is 16.8 Å². The number of rotatable bonds is 4. The van der Waals surface area contributed by atoms with Crippen LogP contribution in [-0.4, -0.2) is 23.3 Å². The lowest BCUT2D eigenvalue weighted by atomic mass is 10.5. The van der Waals surface area contributed by atoms with Gasteiger partial charge in [-0.1, -0.05) is 26.6 Å². The quantitative estimate of drug-likeness (QED) is 0.483. The van der Waals surface area contributed by atoms with Gasteiger partial charge in [0.15, 0.2) is 0 Å². The van der Waals surface area contributed by atoms with Crippen molar-refractivity contribution in [2.75, 3.05) is 6.54 Å². The maximum Gasteiger partial charge on any atom is 0.123 e. The van der Waals surface area contributed by atoms with Crippen molar-refractivity contribution in [2.45, 2.75) is 33.0 Å². The molecule has 0 heterocycles. The highest BCUT2D eigenvalue weighted by Crippen LogP contribution is 1.93. The summed E-state index contributed by atoms with van der Waals surface area (Å²) in [5.74, 6) is 0. The van der Waals surface area contributed by atoms with E-state index in [0.717, 1.165) is 9.20 Å². The number of hydrogen-bond acceptors (Lipinski definition) is 1. The Hall–Kier alpha value is 0.394. The van der Waals surface area contributed by atoms with E-state index in [2.05, 4.69) is 31.5 Å². The lowest BCUT2D eigenvalue weighted by Crippen LogP contribution is -2.41. The summed E-state index contributed by atoms with van der Waals surface area (Å²) in [5, 5.41) is 0. The Morgan fingerprint density at radius 1 is 1.33 bits per heavy atom. The van der Waals surface area contributed by atoms with E-state index in [1.165, 1.54) is 13.0 Å². The fourth-order valence-electron chi connectivity index (χ4n) is 0.453. The third kappa shape index (κ3) is 8.39. The summed E-state index contributed by atoms with van der Waals surface area (Å²) in [7, 11) is 0.259. The number of nitrogens with one attached hydrogen (secondary N) is 1.